The van der Waals surface area contributed by atoms with E-state index in [0.29, 0.717) is 26.1 Å². The molecule has 1 aliphatic carbocycles. The lowest BCUT2D eigenvalue weighted by Crippen LogP contribution is -2.53. The highest BCUT2D eigenvalue weighted by atomic mass is 16.5. The summed E-state index contributed by atoms with van der Waals surface area (Å²) in [7, 11) is 0. The van der Waals surface area contributed by atoms with Crippen molar-refractivity contribution in [2.24, 2.45) is 16.6 Å². The molecule has 0 radical (unpaired) electrons. The maximum atomic E-state index is 12.3. The summed E-state index contributed by atoms with van der Waals surface area (Å²) in [6.07, 6.45) is 4.13. The van der Waals surface area contributed by atoms with Crippen LogP contribution in [0.4, 0.5) is 0 Å². The Bertz CT molecular complexity index is 393. The van der Waals surface area contributed by atoms with Crippen molar-refractivity contribution in [1.29, 1.82) is 0 Å². The molecule has 0 aromatic carbocycles. The van der Waals surface area contributed by atoms with Crippen LogP contribution in [-0.4, -0.2) is 42.8 Å². The average Bonchev–Trinajstić information content (AvgIpc) is 2.78. The Morgan fingerprint density at radius 2 is 2.00 bits per heavy atom. The average molecular weight is 284 g/mol. The van der Waals surface area contributed by atoms with Gasteiger partial charge in [0.1, 0.15) is 0 Å². The lowest BCUT2D eigenvalue weighted by atomic mass is 9.73. The van der Waals surface area contributed by atoms with Crippen LogP contribution in [0.2, 0.25) is 0 Å². The van der Waals surface area contributed by atoms with Gasteiger partial charge < -0.3 is 20.9 Å². The van der Waals surface area contributed by atoms with Gasteiger partial charge >= 0.3 is 5.97 Å². The molecule has 4 N–H and O–H groups in total. The minimum absolute atomic E-state index is 0.184. The molecule has 0 bridgehead atoms. The highest BCUT2D eigenvalue weighted by Crippen LogP contribution is 2.36. The largest absolute Gasteiger partial charge is 0.481 e. The van der Waals surface area contributed by atoms with Crippen molar-refractivity contribution in [2.45, 2.75) is 45.1 Å². The van der Waals surface area contributed by atoms with Crippen molar-refractivity contribution < 1.29 is 19.4 Å². The number of hydrogen-bond donors (Lipinski definition) is 3. The molecule has 6 heteroatoms. The summed E-state index contributed by atoms with van der Waals surface area (Å²) in [6.45, 7) is 2.62. The number of carbonyl (C=O) groups is 2. The van der Waals surface area contributed by atoms with Crippen molar-refractivity contribution in [3.8, 4) is 0 Å². The lowest BCUT2D eigenvalue weighted by molar-refractivity contribution is -0.151. The zero-order valence-corrected chi connectivity index (χ0v) is 12.0. The molecule has 2 aliphatic rings. The molecule has 2 fully saturated rings. The second-order valence-electron chi connectivity index (χ2n) is 6.37. The SMILES string of the molecule is CC1(C(=O)NCC2(C(=O)O)CCCCC2)COCC1N. The van der Waals surface area contributed by atoms with Crippen LogP contribution in [0, 0.1) is 10.8 Å². The van der Waals surface area contributed by atoms with E-state index in [1.54, 1.807) is 6.92 Å². The molecule has 1 amide bonds. The third-order valence-corrected chi connectivity index (χ3v) is 4.89. The van der Waals surface area contributed by atoms with E-state index < -0.39 is 16.8 Å². The van der Waals surface area contributed by atoms with Gasteiger partial charge in [0, 0.05) is 12.6 Å². The van der Waals surface area contributed by atoms with Crippen LogP contribution in [0.5, 0.6) is 0 Å². The predicted molar refractivity (Wildman–Crippen MR) is 73.1 cm³/mol. The number of carboxylic acids is 1. The molecular formula is C14H24N2O4. The smallest absolute Gasteiger partial charge is 0.311 e. The topological polar surface area (TPSA) is 102 Å². The molecule has 2 atom stereocenters. The predicted octanol–water partition coefficient (Wildman–Crippen LogP) is 0.502. The minimum Gasteiger partial charge on any atom is -0.481 e. The molecule has 1 aliphatic heterocycles. The third kappa shape index (κ3) is 2.67. The Balaban J connectivity index is 1.99. The molecule has 114 valence electrons. The Hall–Kier alpha value is -1.14. The molecule has 1 saturated carbocycles. The number of ether oxygens (including phenoxy) is 1. The minimum atomic E-state index is -0.812. The number of amides is 1. The number of hydrogen-bond acceptors (Lipinski definition) is 4. The second kappa shape index (κ2) is 5.69. The summed E-state index contributed by atoms with van der Waals surface area (Å²) in [5.74, 6) is -1.01. The molecule has 0 spiro atoms. The Morgan fingerprint density at radius 3 is 2.50 bits per heavy atom. The number of carbonyl (C=O) groups excluding carboxylic acids is 1. The van der Waals surface area contributed by atoms with E-state index >= 15 is 0 Å². The quantitative estimate of drug-likeness (QED) is 0.698. The Kier molecular flexibility index (Phi) is 4.34. The van der Waals surface area contributed by atoms with Crippen LogP contribution in [0.1, 0.15) is 39.0 Å². The second-order valence-corrected chi connectivity index (χ2v) is 6.37. The fraction of sp³-hybridized carbons (Fsp3) is 0.857. The van der Waals surface area contributed by atoms with Gasteiger partial charge in [-0.1, -0.05) is 19.3 Å². The van der Waals surface area contributed by atoms with Gasteiger partial charge in [-0.3, -0.25) is 9.59 Å². The highest BCUT2D eigenvalue weighted by molar-refractivity contribution is 5.84. The van der Waals surface area contributed by atoms with Crippen molar-refractivity contribution in [1.82, 2.24) is 5.32 Å². The summed E-state index contributed by atoms with van der Waals surface area (Å²) in [5.41, 5.74) is 4.35. The molecule has 20 heavy (non-hydrogen) atoms. The summed E-state index contributed by atoms with van der Waals surface area (Å²) in [5, 5.41) is 12.3. The first-order valence-electron chi connectivity index (χ1n) is 7.26. The van der Waals surface area contributed by atoms with E-state index in [1.165, 1.54) is 0 Å². The highest BCUT2D eigenvalue weighted by Gasteiger charge is 2.46. The van der Waals surface area contributed by atoms with Gasteiger partial charge in [0.25, 0.3) is 0 Å². The van der Waals surface area contributed by atoms with Crippen LogP contribution >= 0.6 is 0 Å². The van der Waals surface area contributed by atoms with E-state index in [1.807, 2.05) is 0 Å². The first-order chi connectivity index (χ1) is 9.41. The first-order valence-corrected chi connectivity index (χ1v) is 7.26. The van der Waals surface area contributed by atoms with Gasteiger partial charge in [-0.05, 0) is 19.8 Å². The van der Waals surface area contributed by atoms with Crippen molar-refractivity contribution in [3.05, 3.63) is 0 Å². The zero-order chi connectivity index (χ0) is 14.8. The van der Waals surface area contributed by atoms with Gasteiger partial charge in [0.05, 0.1) is 24.0 Å². The molecule has 2 rings (SSSR count). The monoisotopic (exact) mass is 284 g/mol. The Morgan fingerprint density at radius 1 is 1.35 bits per heavy atom. The molecule has 0 aromatic rings. The van der Waals surface area contributed by atoms with E-state index in [-0.39, 0.29) is 18.5 Å². The van der Waals surface area contributed by atoms with Gasteiger partial charge in [0.15, 0.2) is 0 Å². The van der Waals surface area contributed by atoms with Crippen LogP contribution in [0.3, 0.4) is 0 Å². The maximum Gasteiger partial charge on any atom is 0.311 e. The van der Waals surface area contributed by atoms with Crippen LogP contribution < -0.4 is 11.1 Å². The molecule has 2 unspecified atom stereocenters. The fourth-order valence-corrected chi connectivity index (χ4v) is 3.07. The van der Waals surface area contributed by atoms with Crippen LogP contribution in [0.15, 0.2) is 0 Å². The van der Waals surface area contributed by atoms with Crippen LogP contribution in [-0.2, 0) is 14.3 Å². The number of aliphatic carboxylic acids is 1. The van der Waals surface area contributed by atoms with Crippen molar-refractivity contribution in [3.63, 3.8) is 0 Å². The lowest BCUT2D eigenvalue weighted by Gasteiger charge is -2.35. The summed E-state index contributed by atoms with van der Waals surface area (Å²) in [4.78, 5) is 23.9. The van der Waals surface area contributed by atoms with E-state index in [9.17, 15) is 14.7 Å². The number of nitrogens with one attached hydrogen (secondary N) is 1. The Labute approximate surface area is 119 Å². The standard InChI is InChI=1S/C14H24N2O4/c1-13(9-20-7-10(13)15)11(17)16-8-14(12(18)19)5-3-2-4-6-14/h10H,2-9,15H2,1H3,(H,16,17)(H,18,19). The maximum absolute atomic E-state index is 12.3. The normalized spacial score (nSPS) is 32.8. The number of carboxylic acid groups (broad SMARTS) is 1. The van der Waals surface area contributed by atoms with Gasteiger partial charge in [-0.25, -0.2) is 0 Å². The number of nitrogens with two attached hydrogens (primary N) is 1. The third-order valence-electron chi connectivity index (χ3n) is 4.89. The van der Waals surface area contributed by atoms with Crippen molar-refractivity contribution >= 4 is 11.9 Å². The van der Waals surface area contributed by atoms with Crippen LogP contribution in [0.25, 0.3) is 0 Å². The van der Waals surface area contributed by atoms with E-state index in [0.717, 1.165) is 19.3 Å². The first kappa shape index (κ1) is 15.3. The van der Waals surface area contributed by atoms with Gasteiger partial charge in [-0.2, -0.15) is 0 Å². The summed E-state index contributed by atoms with van der Waals surface area (Å²) >= 11 is 0. The summed E-state index contributed by atoms with van der Waals surface area (Å²) in [6, 6.07) is -0.338. The number of rotatable bonds is 4. The van der Waals surface area contributed by atoms with E-state index in [2.05, 4.69) is 5.32 Å². The fourth-order valence-electron chi connectivity index (χ4n) is 3.07. The molecule has 0 aromatic heterocycles. The molecule has 1 heterocycles. The molecule has 1 saturated heterocycles. The summed E-state index contributed by atoms with van der Waals surface area (Å²) < 4.78 is 5.26. The van der Waals surface area contributed by atoms with Crippen molar-refractivity contribution in [2.75, 3.05) is 19.8 Å². The molecule has 6 nitrogen and oxygen atoms in total. The molecular weight excluding hydrogens is 260 g/mol. The van der Waals surface area contributed by atoms with Gasteiger partial charge in [-0.15, -0.1) is 0 Å². The zero-order valence-electron chi connectivity index (χ0n) is 12.0. The van der Waals surface area contributed by atoms with Gasteiger partial charge in [0.2, 0.25) is 5.91 Å². The van der Waals surface area contributed by atoms with E-state index in [4.69, 9.17) is 10.5 Å².